The molecule has 0 aliphatic carbocycles. The van der Waals surface area contributed by atoms with Crippen LogP contribution in [0.2, 0.25) is 0 Å². The number of likely N-dealkylation sites (tertiary alicyclic amines) is 1. The molecule has 0 saturated carbocycles. The molecule has 1 unspecified atom stereocenters. The van der Waals surface area contributed by atoms with Crippen LogP contribution in [0.5, 0.6) is 0 Å². The number of carbonyl (C=O) groups excluding carboxylic acids is 4. The van der Waals surface area contributed by atoms with Gasteiger partial charge in [0.1, 0.15) is 17.4 Å². The van der Waals surface area contributed by atoms with E-state index < -0.39 is 29.2 Å². The van der Waals surface area contributed by atoms with Crippen LogP contribution in [0.4, 0.5) is 10.1 Å². The Labute approximate surface area is 221 Å². The van der Waals surface area contributed by atoms with Crippen molar-refractivity contribution in [3.8, 4) is 0 Å². The number of nitrogens with one attached hydrogen (secondary N) is 1. The van der Waals surface area contributed by atoms with E-state index in [1.54, 1.807) is 60.2 Å². The van der Waals surface area contributed by atoms with Gasteiger partial charge in [-0.15, -0.1) is 0 Å². The molecule has 202 valence electrons. The highest BCUT2D eigenvalue weighted by molar-refractivity contribution is 5.98. The van der Waals surface area contributed by atoms with Gasteiger partial charge in [0.15, 0.2) is 0 Å². The van der Waals surface area contributed by atoms with Gasteiger partial charge in [-0.2, -0.15) is 0 Å². The maximum Gasteiger partial charge on any atom is 0.254 e. The zero-order valence-corrected chi connectivity index (χ0v) is 22.2. The third-order valence-corrected chi connectivity index (χ3v) is 7.64. The Balaban J connectivity index is 1.50. The minimum Gasteiger partial charge on any atom is -0.366 e. The first kappa shape index (κ1) is 27.1. The average molecular weight is 524 g/mol. The zero-order chi connectivity index (χ0) is 27.8. The van der Waals surface area contributed by atoms with E-state index >= 15 is 0 Å². The summed E-state index contributed by atoms with van der Waals surface area (Å²) in [6, 6.07) is 10.6. The van der Waals surface area contributed by atoms with Gasteiger partial charge in [0, 0.05) is 31.4 Å². The summed E-state index contributed by atoms with van der Waals surface area (Å²) in [5.41, 5.74) is 5.98. The molecule has 2 aromatic carbocycles. The van der Waals surface area contributed by atoms with Crippen molar-refractivity contribution in [3.05, 3.63) is 65.0 Å². The largest absolute Gasteiger partial charge is 0.366 e. The van der Waals surface area contributed by atoms with Crippen molar-refractivity contribution in [2.24, 2.45) is 11.7 Å². The lowest BCUT2D eigenvalue weighted by Crippen LogP contribution is -2.60. The molecule has 38 heavy (non-hydrogen) atoms. The number of rotatable bonds is 6. The van der Waals surface area contributed by atoms with Crippen LogP contribution in [0.15, 0.2) is 42.5 Å². The van der Waals surface area contributed by atoms with E-state index in [0.717, 1.165) is 5.69 Å². The summed E-state index contributed by atoms with van der Waals surface area (Å²) in [4.78, 5) is 56.5. The van der Waals surface area contributed by atoms with Crippen LogP contribution < -0.4 is 16.0 Å². The molecule has 2 fully saturated rings. The number of likely N-dealkylation sites (N-methyl/N-ethyl adjacent to an activating group) is 1. The Kier molecular flexibility index (Phi) is 7.44. The Morgan fingerprint density at radius 3 is 2.26 bits per heavy atom. The number of nitrogens with two attached hydrogens (primary N) is 1. The first-order chi connectivity index (χ1) is 18.0. The molecule has 1 atom stereocenters. The number of amides is 4. The third kappa shape index (κ3) is 4.82. The van der Waals surface area contributed by atoms with Crippen molar-refractivity contribution in [2.75, 3.05) is 31.7 Å². The fourth-order valence-electron chi connectivity index (χ4n) is 5.35. The minimum atomic E-state index is -0.837. The first-order valence-corrected chi connectivity index (χ1v) is 12.7. The molecular weight excluding hydrogens is 489 g/mol. The third-order valence-electron chi connectivity index (χ3n) is 7.64. The summed E-state index contributed by atoms with van der Waals surface area (Å²) >= 11 is 0. The van der Waals surface area contributed by atoms with Crippen molar-refractivity contribution in [2.45, 2.75) is 45.2 Å². The Morgan fingerprint density at radius 2 is 1.68 bits per heavy atom. The zero-order valence-electron chi connectivity index (χ0n) is 22.2. The van der Waals surface area contributed by atoms with Gasteiger partial charge in [-0.05, 0) is 61.6 Å². The fourth-order valence-corrected chi connectivity index (χ4v) is 5.35. The van der Waals surface area contributed by atoms with E-state index in [4.69, 9.17) is 5.73 Å². The molecule has 0 bridgehead atoms. The lowest BCUT2D eigenvalue weighted by atomic mass is 9.85. The number of hydrogen-bond donors (Lipinski definition) is 2. The second-order valence-electron chi connectivity index (χ2n) is 10.5. The molecule has 4 amide bonds. The number of nitrogens with zero attached hydrogens (tertiary/aromatic N) is 3. The second-order valence-corrected chi connectivity index (χ2v) is 10.5. The van der Waals surface area contributed by atoms with Crippen LogP contribution >= 0.6 is 0 Å². The highest BCUT2D eigenvalue weighted by atomic mass is 19.1. The number of hydrogen-bond acceptors (Lipinski definition) is 5. The van der Waals surface area contributed by atoms with Crippen molar-refractivity contribution >= 4 is 29.3 Å². The molecule has 10 heteroatoms. The highest BCUT2D eigenvalue weighted by Crippen LogP contribution is 2.39. The number of primary amides is 1. The van der Waals surface area contributed by atoms with Gasteiger partial charge in [0.2, 0.25) is 17.7 Å². The number of aryl methyl sites for hydroxylation is 1. The number of carbonyl (C=O) groups is 4. The number of halogens is 1. The van der Waals surface area contributed by atoms with Gasteiger partial charge in [-0.25, -0.2) is 4.39 Å². The van der Waals surface area contributed by atoms with Crippen molar-refractivity contribution in [3.63, 3.8) is 0 Å². The maximum atomic E-state index is 14.5. The van der Waals surface area contributed by atoms with E-state index in [9.17, 15) is 23.6 Å². The van der Waals surface area contributed by atoms with Gasteiger partial charge in [-0.1, -0.05) is 26.0 Å². The summed E-state index contributed by atoms with van der Waals surface area (Å²) in [7, 11) is 1.74. The molecule has 0 radical (unpaired) electrons. The smallest absolute Gasteiger partial charge is 0.254 e. The fraction of sp³-hybridized carbons (Fsp3) is 0.429. The lowest BCUT2D eigenvalue weighted by Gasteiger charge is -2.44. The quantitative estimate of drug-likeness (QED) is 0.603. The normalized spacial score (nSPS) is 17.7. The molecule has 2 aliphatic heterocycles. The first-order valence-electron chi connectivity index (χ1n) is 12.7. The van der Waals surface area contributed by atoms with E-state index in [1.165, 1.54) is 6.07 Å². The van der Waals surface area contributed by atoms with E-state index in [2.05, 4.69) is 5.32 Å². The van der Waals surface area contributed by atoms with E-state index in [-0.39, 0.29) is 23.3 Å². The molecular formula is C28H34FN5O4. The summed E-state index contributed by atoms with van der Waals surface area (Å²) in [5.74, 6) is -2.27. The molecule has 4 rings (SSSR count). The molecule has 2 aromatic rings. The lowest BCUT2D eigenvalue weighted by molar-refractivity contribution is -0.139. The van der Waals surface area contributed by atoms with Gasteiger partial charge in [0.25, 0.3) is 5.91 Å². The van der Waals surface area contributed by atoms with E-state index in [0.29, 0.717) is 43.7 Å². The van der Waals surface area contributed by atoms with Crippen LogP contribution in [0.1, 0.15) is 53.0 Å². The molecule has 2 saturated heterocycles. The number of anilines is 1. The summed E-state index contributed by atoms with van der Waals surface area (Å²) < 4.78 is 14.5. The van der Waals surface area contributed by atoms with Crippen LogP contribution in [0, 0.1) is 18.7 Å². The Hall–Kier alpha value is -3.95. The van der Waals surface area contributed by atoms with Crippen molar-refractivity contribution in [1.29, 1.82) is 0 Å². The van der Waals surface area contributed by atoms with Crippen molar-refractivity contribution < 1.29 is 23.6 Å². The monoisotopic (exact) mass is 523 g/mol. The summed E-state index contributed by atoms with van der Waals surface area (Å²) in [6.45, 7) is 6.27. The summed E-state index contributed by atoms with van der Waals surface area (Å²) in [6.07, 6.45) is 0.815. The second kappa shape index (κ2) is 10.4. The SMILES string of the molecule is Cc1cccc(C(=O)NC(C(=O)N2CCC3(CC2)C(=O)N(C)CN3c2ccc(C(N)=O)cc2)C(C)C)c1F. The number of benzene rings is 2. The predicted molar refractivity (Wildman–Crippen MR) is 141 cm³/mol. The predicted octanol–water partition coefficient (Wildman–Crippen LogP) is 2.28. The summed E-state index contributed by atoms with van der Waals surface area (Å²) in [5, 5.41) is 2.73. The molecule has 1 spiro atoms. The molecule has 2 aliphatic rings. The van der Waals surface area contributed by atoms with Crippen molar-refractivity contribution in [1.82, 2.24) is 15.1 Å². The standard InChI is InChI=1S/C28H34FN5O4/c1-17(2)23(31-25(36)21-7-5-6-18(3)22(21)29)26(37)33-14-12-28(13-15-33)27(38)32(4)16-34(28)20-10-8-19(9-11-20)24(30)35/h5-11,17,23H,12-16H2,1-4H3,(H2,30,35)(H,31,36). The molecule has 2 heterocycles. The minimum absolute atomic E-state index is 0.0211. The van der Waals surface area contributed by atoms with Crippen LogP contribution in [-0.4, -0.2) is 71.8 Å². The van der Waals surface area contributed by atoms with Gasteiger partial charge >= 0.3 is 0 Å². The van der Waals surface area contributed by atoms with Crippen LogP contribution in [0.25, 0.3) is 0 Å². The average Bonchev–Trinajstić information content (AvgIpc) is 3.13. The molecule has 9 nitrogen and oxygen atoms in total. The van der Waals surface area contributed by atoms with Gasteiger partial charge in [-0.3, -0.25) is 19.2 Å². The van der Waals surface area contributed by atoms with Gasteiger partial charge < -0.3 is 25.8 Å². The maximum absolute atomic E-state index is 14.5. The Bertz CT molecular complexity index is 1250. The molecule has 0 aromatic heterocycles. The topological polar surface area (TPSA) is 116 Å². The Morgan fingerprint density at radius 1 is 1.05 bits per heavy atom. The molecule has 3 N–H and O–H groups in total. The van der Waals surface area contributed by atoms with E-state index in [1.807, 2.05) is 18.7 Å². The van der Waals surface area contributed by atoms with Crippen LogP contribution in [0.3, 0.4) is 0 Å². The number of piperidine rings is 1. The van der Waals surface area contributed by atoms with Gasteiger partial charge in [0.05, 0.1) is 12.2 Å². The van der Waals surface area contributed by atoms with Crippen LogP contribution in [-0.2, 0) is 9.59 Å². The highest BCUT2D eigenvalue weighted by Gasteiger charge is 2.53.